The average Bonchev–Trinajstić information content (AvgIpc) is 3.30. The molecular formula is C25H26ClN3O4S. The first-order valence-electron chi connectivity index (χ1n) is 11.2. The van der Waals surface area contributed by atoms with E-state index in [9.17, 15) is 19.5 Å². The number of benzene rings is 1. The summed E-state index contributed by atoms with van der Waals surface area (Å²) in [7, 11) is 0. The summed E-state index contributed by atoms with van der Waals surface area (Å²) in [6, 6.07) is 7.26. The van der Waals surface area contributed by atoms with Gasteiger partial charge in [0.2, 0.25) is 11.8 Å². The zero-order chi connectivity index (χ0) is 24.2. The number of aliphatic carboxylic acids is 1. The van der Waals surface area contributed by atoms with Crippen LogP contribution in [-0.2, 0) is 14.4 Å². The fourth-order valence-electron chi connectivity index (χ4n) is 4.74. The third-order valence-electron chi connectivity index (χ3n) is 6.43. The van der Waals surface area contributed by atoms with E-state index in [1.807, 2.05) is 36.4 Å². The molecule has 9 heteroatoms. The first kappa shape index (κ1) is 24.2. The van der Waals surface area contributed by atoms with Crippen LogP contribution >= 0.6 is 22.9 Å². The molecule has 1 fully saturated rings. The number of carbonyl (C=O) groups excluding carboxylic acids is 2. The van der Waals surface area contributed by atoms with Gasteiger partial charge in [0.25, 0.3) is 0 Å². The Morgan fingerprint density at radius 1 is 1.26 bits per heavy atom. The number of aromatic nitrogens is 1. The van der Waals surface area contributed by atoms with Crippen LogP contribution < -0.4 is 10.2 Å². The van der Waals surface area contributed by atoms with Crippen molar-refractivity contribution in [1.82, 2.24) is 10.3 Å². The number of carboxylic acid groups (broad SMARTS) is 1. The van der Waals surface area contributed by atoms with Gasteiger partial charge in [0.1, 0.15) is 6.54 Å². The van der Waals surface area contributed by atoms with E-state index < -0.39 is 11.9 Å². The van der Waals surface area contributed by atoms with Crippen LogP contribution in [0.4, 0.5) is 5.13 Å². The number of halogens is 1. The molecule has 2 aromatic rings. The second-order valence-corrected chi connectivity index (χ2v) is 9.88. The Labute approximate surface area is 207 Å². The average molecular weight is 500 g/mol. The van der Waals surface area contributed by atoms with Crippen LogP contribution in [0.3, 0.4) is 0 Å². The third-order valence-corrected chi connectivity index (χ3v) is 7.62. The Morgan fingerprint density at radius 2 is 2.03 bits per heavy atom. The van der Waals surface area contributed by atoms with Crippen molar-refractivity contribution < 1.29 is 19.5 Å². The van der Waals surface area contributed by atoms with E-state index in [4.69, 9.17) is 11.6 Å². The molecule has 0 radical (unpaired) electrons. The zero-order valence-corrected chi connectivity index (χ0v) is 20.3. The quantitative estimate of drug-likeness (QED) is 0.635. The zero-order valence-electron chi connectivity index (χ0n) is 18.7. The highest BCUT2D eigenvalue weighted by atomic mass is 35.5. The van der Waals surface area contributed by atoms with Crippen LogP contribution in [0.1, 0.15) is 19.8 Å². The predicted molar refractivity (Wildman–Crippen MR) is 133 cm³/mol. The van der Waals surface area contributed by atoms with Crippen molar-refractivity contribution in [3.63, 3.8) is 0 Å². The van der Waals surface area contributed by atoms with Crippen molar-refractivity contribution in [3.05, 3.63) is 59.0 Å². The number of rotatable bonds is 5. The van der Waals surface area contributed by atoms with Crippen molar-refractivity contribution in [1.29, 1.82) is 0 Å². The second kappa shape index (κ2) is 10.5. The highest BCUT2D eigenvalue weighted by Gasteiger charge is 2.41. The van der Waals surface area contributed by atoms with Gasteiger partial charge in [0, 0.05) is 22.5 Å². The largest absolute Gasteiger partial charge is 0.481 e. The Kier molecular flexibility index (Phi) is 7.48. The van der Waals surface area contributed by atoms with Crippen LogP contribution in [-0.4, -0.2) is 41.0 Å². The number of carboxylic acids is 1. The Balaban J connectivity index is 1.72. The molecule has 4 atom stereocenters. The smallest absolute Gasteiger partial charge is 0.304 e. The fraction of sp³-hybridized carbons (Fsp3) is 0.360. The molecule has 1 saturated heterocycles. The molecule has 1 aromatic heterocycles. The van der Waals surface area contributed by atoms with Crippen LogP contribution in [0, 0.1) is 23.7 Å². The van der Waals surface area contributed by atoms with Crippen LogP contribution in [0.5, 0.6) is 0 Å². The molecule has 1 aliphatic carbocycles. The summed E-state index contributed by atoms with van der Waals surface area (Å²) < 4.78 is 0. The molecule has 34 heavy (non-hydrogen) atoms. The number of hydrogen-bond acceptors (Lipinski definition) is 5. The lowest BCUT2D eigenvalue weighted by atomic mass is 9.71. The number of amides is 2. The van der Waals surface area contributed by atoms with Crippen molar-refractivity contribution in [3.8, 4) is 11.3 Å². The van der Waals surface area contributed by atoms with Crippen LogP contribution in [0.25, 0.3) is 11.3 Å². The first-order chi connectivity index (χ1) is 16.3. The summed E-state index contributed by atoms with van der Waals surface area (Å²) in [5, 5.41) is 15.2. The molecule has 4 unspecified atom stereocenters. The number of hydrogen-bond donors (Lipinski definition) is 2. The van der Waals surface area contributed by atoms with Gasteiger partial charge in [-0.25, -0.2) is 4.98 Å². The molecule has 1 aliphatic heterocycles. The number of nitrogens with zero attached hydrogens (tertiary/aromatic N) is 2. The van der Waals surface area contributed by atoms with Gasteiger partial charge in [0.15, 0.2) is 5.13 Å². The molecule has 2 aliphatic rings. The third kappa shape index (κ3) is 5.23. The highest BCUT2D eigenvalue weighted by molar-refractivity contribution is 7.14. The molecule has 7 nitrogen and oxygen atoms in total. The van der Waals surface area contributed by atoms with Gasteiger partial charge in [-0.1, -0.05) is 61.0 Å². The molecule has 1 aromatic carbocycles. The Bertz CT molecular complexity index is 1140. The van der Waals surface area contributed by atoms with Gasteiger partial charge in [0.05, 0.1) is 18.0 Å². The number of nitrogens with one attached hydrogen (secondary N) is 1. The minimum atomic E-state index is -1.04. The van der Waals surface area contributed by atoms with E-state index in [2.05, 4.69) is 23.3 Å². The highest BCUT2D eigenvalue weighted by Crippen LogP contribution is 2.39. The molecule has 4 rings (SSSR count). The molecule has 0 saturated carbocycles. The summed E-state index contributed by atoms with van der Waals surface area (Å²) in [5.74, 6) is -2.63. The fourth-order valence-corrected chi connectivity index (χ4v) is 5.80. The Morgan fingerprint density at radius 3 is 2.76 bits per heavy atom. The van der Waals surface area contributed by atoms with Crippen molar-refractivity contribution in [2.24, 2.45) is 23.7 Å². The molecule has 0 spiro atoms. The van der Waals surface area contributed by atoms with Crippen molar-refractivity contribution in [2.45, 2.75) is 19.8 Å². The summed E-state index contributed by atoms with van der Waals surface area (Å²) in [6.07, 6.45) is 8.21. The summed E-state index contributed by atoms with van der Waals surface area (Å²) in [6.45, 7) is 2.23. The molecule has 2 N–H and O–H groups in total. The first-order valence-corrected chi connectivity index (χ1v) is 12.5. The van der Waals surface area contributed by atoms with Crippen LogP contribution in [0.2, 0.25) is 5.02 Å². The molecule has 0 bridgehead atoms. The van der Waals surface area contributed by atoms with Crippen LogP contribution in [0.15, 0.2) is 53.9 Å². The molecule has 2 amide bonds. The van der Waals surface area contributed by atoms with Gasteiger partial charge in [-0.15, -0.1) is 11.3 Å². The van der Waals surface area contributed by atoms with E-state index in [1.54, 1.807) is 11.4 Å². The van der Waals surface area contributed by atoms with Gasteiger partial charge in [-0.3, -0.25) is 19.3 Å². The number of allylic oxidation sites excluding steroid dienone is 4. The molecular weight excluding hydrogens is 474 g/mol. The normalized spacial score (nSPS) is 25.4. The standard InChI is InChI=1S/C25H26ClN3O4S/c1-15-6-2-3-7-16(15)17-10-11-27-22(30)13-29(24(33)19(17)12-23(31)32)25-28-21(14-34-25)18-8-4-5-9-20(18)26/h2-9,14-17,19H,10-13H2,1H3,(H,27,30)(H,31,32). The SMILES string of the molecule is CC1C=CC=CC1C1CCNC(=O)CN(c2nc(-c3ccccc3Cl)cs2)C(=O)C1CC(=O)O. The topological polar surface area (TPSA) is 99.6 Å². The van der Waals surface area contributed by atoms with Crippen molar-refractivity contribution in [2.75, 3.05) is 18.0 Å². The maximum atomic E-state index is 13.9. The lowest BCUT2D eigenvalue weighted by molar-refractivity contribution is -0.142. The van der Waals surface area contributed by atoms with E-state index in [0.717, 1.165) is 5.56 Å². The summed E-state index contributed by atoms with van der Waals surface area (Å²) in [5.41, 5.74) is 1.32. The maximum absolute atomic E-state index is 13.9. The molecule has 2 heterocycles. The number of anilines is 1. The van der Waals surface area contributed by atoms with E-state index in [-0.39, 0.29) is 42.5 Å². The molecule has 178 valence electrons. The lowest BCUT2D eigenvalue weighted by Gasteiger charge is -2.35. The summed E-state index contributed by atoms with van der Waals surface area (Å²) in [4.78, 5) is 44.3. The van der Waals surface area contributed by atoms with E-state index in [1.165, 1.54) is 16.2 Å². The summed E-state index contributed by atoms with van der Waals surface area (Å²) >= 11 is 7.55. The monoisotopic (exact) mass is 499 g/mol. The van der Waals surface area contributed by atoms with Gasteiger partial charge in [-0.05, 0) is 30.2 Å². The lowest BCUT2D eigenvalue weighted by Crippen LogP contribution is -2.45. The maximum Gasteiger partial charge on any atom is 0.304 e. The van der Waals surface area contributed by atoms with Crippen molar-refractivity contribution >= 4 is 45.9 Å². The van der Waals surface area contributed by atoms with E-state index in [0.29, 0.717) is 28.8 Å². The van der Waals surface area contributed by atoms with E-state index >= 15 is 0 Å². The minimum absolute atomic E-state index is 0.00914. The second-order valence-electron chi connectivity index (χ2n) is 8.63. The number of carbonyl (C=O) groups is 3. The minimum Gasteiger partial charge on any atom is -0.481 e. The van der Waals surface area contributed by atoms with Gasteiger partial charge in [-0.2, -0.15) is 0 Å². The van der Waals surface area contributed by atoms with Gasteiger partial charge < -0.3 is 10.4 Å². The van der Waals surface area contributed by atoms with Gasteiger partial charge >= 0.3 is 5.97 Å². The number of thiazole rings is 1. The predicted octanol–water partition coefficient (Wildman–Crippen LogP) is 4.40. The Hall–Kier alpha value is -2.97.